The van der Waals surface area contributed by atoms with Crippen LogP contribution in [0.15, 0.2) is 54.6 Å². The molecule has 156 valence electrons. The molecule has 0 aliphatic carbocycles. The number of hydrogen-bond donors (Lipinski definition) is 1. The maximum absolute atomic E-state index is 13.0. The third-order valence-corrected chi connectivity index (χ3v) is 5.60. The van der Waals surface area contributed by atoms with E-state index in [0.29, 0.717) is 31.8 Å². The van der Waals surface area contributed by atoms with E-state index in [1.54, 1.807) is 7.05 Å². The van der Waals surface area contributed by atoms with E-state index in [9.17, 15) is 9.59 Å². The molecule has 1 aromatic heterocycles. The Balaban J connectivity index is 1.49. The number of nitrogens with one attached hydrogen (secondary N) is 1. The molecule has 30 heavy (non-hydrogen) atoms. The van der Waals surface area contributed by atoms with Gasteiger partial charge >= 0.3 is 0 Å². The van der Waals surface area contributed by atoms with Crippen LogP contribution in [0.3, 0.4) is 0 Å². The average molecular weight is 406 g/mol. The minimum Gasteiger partial charge on any atom is -0.486 e. The van der Waals surface area contributed by atoms with Crippen molar-refractivity contribution in [3.05, 3.63) is 60.4 Å². The van der Waals surface area contributed by atoms with Crippen molar-refractivity contribution in [1.29, 1.82) is 0 Å². The molecule has 0 saturated carbocycles. The summed E-state index contributed by atoms with van der Waals surface area (Å²) in [6.45, 7) is 1.68. The number of likely N-dealkylation sites (tertiary alicyclic amines) is 1. The molecule has 0 atom stereocenters. The van der Waals surface area contributed by atoms with Gasteiger partial charge in [0.2, 0.25) is 11.8 Å². The maximum atomic E-state index is 13.0. The van der Waals surface area contributed by atoms with E-state index in [2.05, 4.69) is 10.3 Å². The van der Waals surface area contributed by atoms with Crippen LogP contribution in [0.4, 0.5) is 0 Å². The van der Waals surface area contributed by atoms with Gasteiger partial charge < -0.3 is 19.5 Å². The number of imidazole rings is 1. The van der Waals surface area contributed by atoms with Crippen molar-refractivity contribution in [3.8, 4) is 5.75 Å². The molecule has 1 aliphatic heterocycles. The number of fused-ring (bicyclic) bond motifs is 1. The SMILES string of the molecule is CNC(=O)C1CCN(C(=O)Cn2c(COc3ccccc3)nc3ccccc32)CC1. The zero-order chi connectivity index (χ0) is 20.9. The fourth-order valence-corrected chi connectivity index (χ4v) is 3.91. The largest absolute Gasteiger partial charge is 0.486 e. The second-order valence-corrected chi connectivity index (χ2v) is 7.47. The van der Waals surface area contributed by atoms with Crippen molar-refractivity contribution in [2.45, 2.75) is 26.0 Å². The Morgan fingerprint density at radius 1 is 1.07 bits per heavy atom. The lowest BCUT2D eigenvalue weighted by Gasteiger charge is -2.31. The molecule has 0 unspecified atom stereocenters. The lowest BCUT2D eigenvalue weighted by molar-refractivity contribution is -0.136. The van der Waals surface area contributed by atoms with E-state index in [-0.39, 0.29) is 30.9 Å². The minimum absolute atomic E-state index is 0.0111. The molecule has 2 heterocycles. The number of para-hydroxylation sites is 3. The van der Waals surface area contributed by atoms with Crippen LogP contribution < -0.4 is 10.1 Å². The highest BCUT2D eigenvalue weighted by Gasteiger charge is 2.27. The van der Waals surface area contributed by atoms with Gasteiger partial charge in [-0.1, -0.05) is 30.3 Å². The Labute approximate surface area is 175 Å². The van der Waals surface area contributed by atoms with Crippen molar-refractivity contribution in [3.63, 3.8) is 0 Å². The summed E-state index contributed by atoms with van der Waals surface area (Å²) in [4.78, 5) is 31.4. The molecule has 1 fully saturated rings. The predicted octanol–water partition coefficient (Wildman–Crippen LogP) is 2.60. The highest BCUT2D eigenvalue weighted by molar-refractivity contribution is 5.82. The average Bonchev–Trinajstić information content (AvgIpc) is 3.15. The maximum Gasteiger partial charge on any atom is 0.242 e. The monoisotopic (exact) mass is 406 g/mol. The van der Waals surface area contributed by atoms with Crippen LogP contribution in [0.1, 0.15) is 18.7 Å². The number of hydrogen-bond acceptors (Lipinski definition) is 4. The van der Waals surface area contributed by atoms with Crippen LogP contribution in [0.2, 0.25) is 0 Å². The Hall–Kier alpha value is -3.35. The van der Waals surface area contributed by atoms with Gasteiger partial charge in [-0.2, -0.15) is 0 Å². The topological polar surface area (TPSA) is 76.5 Å². The highest BCUT2D eigenvalue weighted by Crippen LogP contribution is 2.21. The number of ether oxygens (including phenoxy) is 1. The van der Waals surface area contributed by atoms with Gasteiger partial charge in [0.05, 0.1) is 11.0 Å². The van der Waals surface area contributed by atoms with Gasteiger partial charge in [0.15, 0.2) is 0 Å². The van der Waals surface area contributed by atoms with E-state index in [1.807, 2.05) is 64.1 Å². The van der Waals surface area contributed by atoms with Gasteiger partial charge in [0.1, 0.15) is 24.7 Å². The second kappa shape index (κ2) is 8.98. The van der Waals surface area contributed by atoms with Gasteiger partial charge in [-0.3, -0.25) is 9.59 Å². The van der Waals surface area contributed by atoms with Gasteiger partial charge in [0.25, 0.3) is 0 Å². The summed E-state index contributed by atoms with van der Waals surface area (Å²) < 4.78 is 7.83. The van der Waals surface area contributed by atoms with Crippen LogP contribution in [-0.2, 0) is 22.7 Å². The number of amides is 2. The summed E-state index contributed by atoms with van der Waals surface area (Å²) in [5.41, 5.74) is 1.76. The molecule has 2 amide bonds. The number of aromatic nitrogens is 2. The third kappa shape index (κ3) is 4.30. The number of carbonyl (C=O) groups is 2. The summed E-state index contributed by atoms with van der Waals surface area (Å²) in [5, 5.41) is 2.70. The Morgan fingerprint density at radius 3 is 2.50 bits per heavy atom. The second-order valence-electron chi connectivity index (χ2n) is 7.47. The Kier molecular flexibility index (Phi) is 5.97. The zero-order valence-electron chi connectivity index (χ0n) is 17.1. The molecular formula is C23H26N4O3. The van der Waals surface area contributed by atoms with Gasteiger partial charge in [0, 0.05) is 26.1 Å². The van der Waals surface area contributed by atoms with Crippen molar-refractivity contribution in [1.82, 2.24) is 19.8 Å². The van der Waals surface area contributed by atoms with Crippen LogP contribution in [0.5, 0.6) is 5.75 Å². The molecule has 0 spiro atoms. The van der Waals surface area contributed by atoms with E-state index in [4.69, 9.17) is 4.74 Å². The molecule has 0 bridgehead atoms. The lowest BCUT2D eigenvalue weighted by Crippen LogP contribution is -2.43. The first kappa shape index (κ1) is 19.9. The first-order chi connectivity index (χ1) is 14.7. The van der Waals surface area contributed by atoms with Gasteiger partial charge in [-0.25, -0.2) is 4.98 Å². The standard InChI is InChI=1S/C23H26N4O3/c1-24-23(29)17-11-13-26(14-12-17)22(28)15-27-20-10-6-5-9-19(20)25-21(27)16-30-18-7-3-2-4-8-18/h2-10,17H,11-16H2,1H3,(H,24,29). The van der Waals surface area contributed by atoms with Crippen LogP contribution in [0, 0.1) is 5.92 Å². The Morgan fingerprint density at radius 2 is 1.77 bits per heavy atom. The van der Waals surface area contributed by atoms with Crippen molar-refractivity contribution < 1.29 is 14.3 Å². The molecule has 1 aliphatic rings. The number of piperidine rings is 1. The van der Waals surface area contributed by atoms with E-state index < -0.39 is 0 Å². The predicted molar refractivity (Wildman–Crippen MR) is 114 cm³/mol. The summed E-state index contributed by atoms with van der Waals surface area (Å²) in [5.74, 6) is 1.56. The molecule has 7 nitrogen and oxygen atoms in total. The quantitative estimate of drug-likeness (QED) is 0.683. The summed E-state index contributed by atoms with van der Waals surface area (Å²) in [6.07, 6.45) is 1.39. The molecule has 0 radical (unpaired) electrons. The van der Waals surface area contributed by atoms with Crippen molar-refractivity contribution in [2.75, 3.05) is 20.1 Å². The normalized spacial score (nSPS) is 14.6. The lowest BCUT2D eigenvalue weighted by atomic mass is 9.96. The number of nitrogens with zero attached hydrogens (tertiary/aromatic N) is 3. The van der Waals surface area contributed by atoms with Crippen LogP contribution in [0.25, 0.3) is 11.0 Å². The number of carbonyl (C=O) groups excluding carboxylic acids is 2. The molecule has 1 N–H and O–H groups in total. The summed E-state index contributed by atoms with van der Waals surface area (Å²) in [6, 6.07) is 17.4. The highest BCUT2D eigenvalue weighted by atomic mass is 16.5. The molecular weight excluding hydrogens is 380 g/mol. The Bertz CT molecular complexity index is 1020. The molecule has 2 aromatic carbocycles. The summed E-state index contributed by atoms with van der Waals surface area (Å²) >= 11 is 0. The molecule has 7 heteroatoms. The minimum atomic E-state index is -0.0111. The molecule has 1 saturated heterocycles. The van der Waals surface area contributed by atoms with Crippen LogP contribution >= 0.6 is 0 Å². The van der Waals surface area contributed by atoms with Crippen molar-refractivity contribution in [2.24, 2.45) is 5.92 Å². The first-order valence-electron chi connectivity index (χ1n) is 10.3. The van der Waals surface area contributed by atoms with Crippen LogP contribution in [-0.4, -0.2) is 46.4 Å². The molecule has 4 rings (SSSR count). The number of rotatable bonds is 6. The zero-order valence-corrected chi connectivity index (χ0v) is 17.1. The molecule has 3 aromatic rings. The first-order valence-corrected chi connectivity index (χ1v) is 10.3. The van der Waals surface area contributed by atoms with Crippen molar-refractivity contribution >= 4 is 22.8 Å². The van der Waals surface area contributed by atoms with E-state index >= 15 is 0 Å². The fraction of sp³-hybridized carbons (Fsp3) is 0.348. The third-order valence-electron chi connectivity index (χ3n) is 5.60. The smallest absolute Gasteiger partial charge is 0.242 e. The van der Waals surface area contributed by atoms with E-state index in [1.165, 1.54) is 0 Å². The van der Waals surface area contributed by atoms with E-state index in [0.717, 1.165) is 16.8 Å². The van der Waals surface area contributed by atoms with Gasteiger partial charge in [-0.05, 0) is 37.1 Å². The van der Waals surface area contributed by atoms with Gasteiger partial charge in [-0.15, -0.1) is 0 Å². The fourth-order valence-electron chi connectivity index (χ4n) is 3.91. The summed E-state index contributed by atoms with van der Waals surface area (Å²) in [7, 11) is 1.66. The number of benzene rings is 2.